The highest BCUT2D eigenvalue weighted by Gasteiger charge is 2.34. The summed E-state index contributed by atoms with van der Waals surface area (Å²) in [5, 5.41) is 1.42. The summed E-state index contributed by atoms with van der Waals surface area (Å²) in [6.07, 6.45) is 6.72. The quantitative estimate of drug-likeness (QED) is 0.676. The molecule has 1 aromatic rings. The maximum absolute atomic E-state index is 6.71. The van der Waals surface area contributed by atoms with Crippen molar-refractivity contribution in [3.8, 4) is 0 Å². The summed E-state index contributed by atoms with van der Waals surface area (Å²) in [6.45, 7) is 7.03. The Labute approximate surface area is 139 Å². The van der Waals surface area contributed by atoms with Crippen LogP contribution in [0.4, 0.5) is 0 Å². The number of hydrogen-bond donors (Lipinski definition) is 1. The number of nitrogens with two attached hydrogens (primary N) is 1. The Balaban J connectivity index is 2.08. The molecule has 2 atom stereocenters. The van der Waals surface area contributed by atoms with Crippen LogP contribution < -0.4 is 5.73 Å². The summed E-state index contributed by atoms with van der Waals surface area (Å²) in [5.41, 5.74) is 8.09. The van der Waals surface area contributed by atoms with Crippen LogP contribution in [0.25, 0.3) is 0 Å². The molecule has 2 N–H and O–H groups in total. The van der Waals surface area contributed by atoms with Crippen LogP contribution in [0, 0.1) is 11.3 Å². The number of rotatable bonds is 2. The molecule has 1 saturated carbocycles. The van der Waals surface area contributed by atoms with Gasteiger partial charge < -0.3 is 5.73 Å². The fourth-order valence-electron chi connectivity index (χ4n) is 3.52. The second kappa shape index (κ2) is 6.48. The van der Waals surface area contributed by atoms with Gasteiger partial charge in [0.15, 0.2) is 0 Å². The number of benzene rings is 1. The van der Waals surface area contributed by atoms with E-state index in [1.165, 1.54) is 19.3 Å². The topological polar surface area (TPSA) is 26.0 Å². The fraction of sp³-hybridized carbons (Fsp3) is 0.667. The lowest BCUT2D eigenvalue weighted by Gasteiger charge is -2.31. The van der Waals surface area contributed by atoms with Crippen LogP contribution in [0.5, 0.6) is 0 Å². The molecule has 0 aromatic heterocycles. The summed E-state index contributed by atoms with van der Waals surface area (Å²) >= 11 is 12.3. The first-order valence-electron chi connectivity index (χ1n) is 7.92. The molecule has 0 spiro atoms. The van der Waals surface area contributed by atoms with Gasteiger partial charge in [0.25, 0.3) is 0 Å². The van der Waals surface area contributed by atoms with Gasteiger partial charge in [-0.05, 0) is 61.1 Å². The average molecular weight is 328 g/mol. The highest BCUT2D eigenvalue weighted by molar-refractivity contribution is 6.35. The molecule has 2 rings (SSSR count). The zero-order valence-corrected chi connectivity index (χ0v) is 14.9. The minimum absolute atomic E-state index is 0.128. The van der Waals surface area contributed by atoms with Crippen LogP contribution >= 0.6 is 23.2 Å². The number of hydrogen-bond acceptors (Lipinski definition) is 1. The molecule has 1 aliphatic carbocycles. The van der Waals surface area contributed by atoms with Crippen molar-refractivity contribution in [2.24, 2.45) is 17.1 Å². The Morgan fingerprint density at radius 3 is 2.52 bits per heavy atom. The molecule has 0 heterocycles. The van der Waals surface area contributed by atoms with Crippen molar-refractivity contribution >= 4 is 23.2 Å². The van der Waals surface area contributed by atoms with E-state index in [9.17, 15) is 0 Å². The second-order valence-corrected chi connectivity index (χ2v) is 8.61. The largest absolute Gasteiger partial charge is 0.325 e. The van der Waals surface area contributed by atoms with Gasteiger partial charge in [0.05, 0.1) is 0 Å². The molecule has 0 radical (unpaired) electrons. The second-order valence-electron chi connectivity index (χ2n) is 7.77. The van der Waals surface area contributed by atoms with Gasteiger partial charge in [0.1, 0.15) is 0 Å². The van der Waals surface area contributed by atoms with E-state index in [2.05, 4.69) is 20.8 Å². The Bertz CT molecular complexity index is 492. The molecule has 2 unspecified atom stereocenters. The summed E-state index contributed by atoms with van der Waals surface area (Å²) < 4.78 is 0. The Morgan fingerprint density at radius 1 is 1.19 bits per heavy atom. The van der Waals surface area contributed by atoms with Gasteiger partial charge in [-0.3, -0.25) is 0 Å². The summed E-state index contributed by atoms with van der Waals surface area (Å²) in [6, 6.07) is 5.74. The lowest BCUT2D eigenvalue weighted by atomic mass is 9.76. The van der Waals surface area contributed by atoms with E-state index in [0.29, 0.717) is 10.4 Å². The van der Waals surface area contributed by atoms with Crippen LogP contribution in [0.3, 0.4) is 0 Å². The van der Waals surface area contributed by atoms with E-state index >= 15 is 0 Å². The Kier molecular flexibility index (Phi) is 5.28. The molecule has 1 aliphatic rings. The van der Waals surface area contributed by atoms with E-state index in [0.717, 1.165) is 35.8 Å². The highest BCUT2D eigenvalue weighted by Crippen LogP contribution is 2.40. The van der Waals surface area contributed by atoms with E-state index in [1.54, 1.807) is 0 Å². The minimum atomic E-state index is -0.128. The molecule has 0 saturated heterocycles. The molecule has 0 amide bonds. The monoisotopic (exact) mass is 327 g/mol. The third-order valence-corrected chi connectivity index (χ3v) is 5.59. The van der Waals surface area contributed by atoms with Gasteiger partial charge in [-0.1, -0.05) is 56.5 Å². The normalized spacial score (nSPS) is 27.4. The standard InChI is InChI=1S/C18H27Cl2N/c1-17(2,3)14-5-4-9-18(21,10-8-14)12-13-6-7-15(19)11-16(13)20/h6-7,11,14H,4-5,8-10,12,21H2,1-3H3. The average Bonchev–Trinajstić information content (AvgIpc) is 2.55. The molecule has 118 valence electrons. The SMILES string of the molecule is CC(C)(C)C1CCCC(N)(Cc2ccc(Cl)cc2Cl)CC1. The third kappa shape index (κ3) is 4.61. The Hall–Kier alpha value is -0.240. The smallest absolute Gasteiger partial charge is 0.0453 e. The van der Waals surface area contributed by atoms with Gasteiger partial charge in [-0.2, -0.15) is 0 Å². The van der Waals surface area contributed by atoms with E-state index < -0.39 is 0 Å². The van der Waals surface area contributed by atoms with Crippen molar-refractivity contribution in [2.75, 3.05) is 0 Å². The van der Waals surface area contributed by atoms with Gasteiger partial charge in [-0.15, -0.1) is 0 Å². The van der Waals surface area contributed by atoms with Gasteiger partial charge in [0.2, 0.25) is 0 Å². The molecule has 0 bridgehead atoms. The predicted octanol–water partition coefficient (Wildman–Crippen LogP) is 5.86. The first-order valence-corrected chi connectivity index (χ1v) is 8.68. The van der Waals surface area contributed by atoms with Crippen LogP contribution in [-0.2, 0) is 6.42 Å². The van der Waals surface area contributed by atoms with E-state index in [-0.39, 0.29) is 5.54 Å². The fourth-order valence-corrected chi connectivity index (χ4v) is 3.99. The minimum Gasteiger partial charge on any atom is -0.325 e. The first kappa shape index (κ1) is 17.1. The lowest BCUT2D eigenvalue weighted by Crippen LogP contribution is -2.41. The molecule has 0 aliphatic heterocycles. The van der Waals surface area contributed by atoms with E-state index in [4.69, 9.17) is 28.9 Å². The summed E-state index contributed by atoms with van der Waals surface area (Å²) in [7, 11) is 0. The van der Waals surface area contributed by atoms with Gasteiger partial charge in [-0.25, -0.2) is 0 Å². The van der Waals surface area contributed by atoms with Crippen molar-refractivity contribution in [2.45, 2.75) is 64.8 Å². The summed E-state index contributed by atoms with van der Waals surface area (Å²) in [5.74, 6) is 0.767. The van der Waals surface area contributed by atoms with Crippen LogP contribution in [0.1, 0.15) is 58.4 Å². The lowest BCUT2D eigenvalue weighted by molar-refractivity contribution is 0.210. The van der Waals surface area contributed by atoms with Crippen molar-refractivity contribution in [1.29, 1.82) is 0 Å². The summed E-state index contributed by atoms with van der Waals surface area (Å²) in [4.78, 5) is 0. The third-order valence-electron chi connectivity index (χ3n) is 5.00. The molecule has 1 aromatic carbocycles. The molecule has 3 heteroatoms. The maximum atomic E-state index is 6.71. The van der Waals surface area contributed by atoms with Crippen LogP contribution in [-0.4, -0.2) is 5.54 Å². The highest BCUT2D eigenvalue weighted by atomic mass is 35.5. The zero-order valence-electron chi connectivity index (χ0n) is 13.4. The van der Waals surface area contributed by atoms with Crippen LogP contribution in [0.2, 0.25) is 10.0 Å². The van der Waals surface area contributed by atoms with Crippen LogP contribution in [0.15, 0.2) is 18.2 Å². The predicted molar refractivity (Wildman–Crippen MR) is 93.1 cm³/mol. The Morgan fingerprint density at radius 2 is 1.90 bits per heavy atom. The molecule has 1 nitrogen and oxygen atoms in total. The molecular formula is C18H27Cl2N. The molecular weight excluding hydrogens is 301 g/mol. The van der Waals surface area contributed by atoms with Gasteiger partial charge >= 0.3 is 0 Å². The van der Waals surface area contributed by atoms with Crippen molar-refractivity contribution in [3.63, 3.8) is 0 Å². The van der Waals surface area contributed by atoms with Crippen molar-refractivity contribution in [1.82, 2.24) is 0 Å². The van der Waals surface area contributed by atoms with Crippen molar-refractivity contribution in [3.05, 3.63) is 33.8 Å². The van der Waals surface area contributed by atoms with Crippen molar-refractivity contribution < 1.29 is 0 Å². The molecule has 1 fully saturated rings. The zero-order chi connectivity index (χ0) is 15.7. The van der Waals surface area contributed by atoms with Gasteiger partial charge in [0, 0.05) is 15.6 Å². The van der Waals surface area contributed by atoms with E-state index in [1.807, 2.05) is 18.2 Å². The maximum Gasteiger partial charge on any atom is 0.0453 e. The molecule has 21 heavy (non-hydrogen) atoms. The first-order chi connectivity index (χ1) is 9.70. The number of halogens is 2.